The summed E-state index contributed by atoms with van der Waals surface area (Å²) in [4.78, 5) is 31.9. The van der Waals surface area contributed by atoms with Gasteiger partial charge in [0.05, 0.1) is 0 Å². The van der Waals surface area contributed by atoms with Crippen LogP contribution in [-0.2, 0) is 26.4 Å². The van der Waals surface area contributed by atoms with E-state index in [9.17, 15) is 9.59 Å². The molecule has 23 heavy (non-hydrogen) atoms. The molecule has 0 aliphatic heterocycles. The van der Waals surface area contributed by atoms with Crippen molar-refractivity contribution in [2.75, 3.05) is 0 Å². The quantitative estimate of drug-likeness (QED) is 0.753. The normalized spacial score (nSPS) is 11.0. The zero-order valence-corrected chi connectivity index (χ0v) is 13.8. The summed E-state index contributed by atoms with van der Waals surface area (Å²) in [5.74, 6) is 1.47. The van der Waals surface area contributed by atoms with E-state index in [-0.39, 0.29) is 5.56 Å². The van der Waals surface area contributed by atoms with Crippen molar-refractivity contribution in [1.82, 2.24) is 24.3 Å². The number of hydrogen-bond donors (Lipinski definition) is 1. The predicted molar refractivity (Wildman–Crippen MR) is 87.9 cm³/mol. The average molecular weight is 331 g/mol. The van der Waals surface area contributed by atoms with Gasteiger partial charge in [-0.3, -0.25) is 9.36 Å². The van der Waals surface area contributed by atoms with E-state index in [1.165, 1.54) is 18.1 Å². The van der Waals surface area contributed by atoms with Crippen molar-refractivity contribution in [2.24, 2.45) is 7.05 Å². The third-order valence-electron chi connectivity index (χ3n) is 3.61. The van der Waals surface area contributed by atoms with Gasteiger partial charge >= 0.3 is 5.69 Å². The molecule has 1 N–H and O–H groups in total. The van der Waals surface area contributed by atoms with Gasteiger partial charge in [0.1, 0.15) is 5.82 Å². The zero-order chi connectivity index (χ0) is 16.4. The van der Waals surface area contributed by atoms with Gasteiger partial charge < -0.3 is 4.98 Å². The maximum atomic E-state index is 12.1. The van der Waals surface area contributed by atoms with Gasteiger partial charge in [-0.15, -0.1) is 11.3 Å². The lowest BCUT2D eigenvalue weighted by Crippen LogP contribution is -2.34. The largest absolute Gasteiger partial charge is 0.328 e. The number of H-pyrrole nitrogens is 1. The van der Waals surface area contributed by atoms with Crippen LogP contribution in [0.5, 0.6) is 0 Å². The highest BCUT2D eigenvalue weighted by atomic mass is 32.1. The lowest BCUT2D eigenvalue weighted by molar-refractivity contribution is 0.616. The third-order valence-corrected chi connectivity index (χ3v) is 4.48. The first-order chi connectivity index (χ1) is 11.1. The molecular formula is C15H17N5O2S. The first-order valence-corrected chi connectivity index (χ1v) is 8.19. The summed E-state index contributed by atoms with van der Waals surface area (Å²) in [6, 6.07) is 4.05. The summed E-state index contributed by atoms with van der Waals surface area (Å²) >= 11 is 1.67. The Morgan fingerprint density at radius 2 is 2.13 bits per heavy atom. The van der Waals surface area contributed by atoms with Gasteiger partial charge in [-0.1, -0.05) is 6.07 Å². The number of hydrogen-bond acceptors (Lipinski definition) is 5. The Labute approximate surface area is 136 Å². The van der Waals surface area contributed by atoms with Gasteiger partial charge in [0.25, 0.3) is 5.56 Å². The van der Waals surface area contributed by atoms with Crippen LogP contribution in [0.25, 0.3) is 0 Å². The number of nitrogens with one attached hydrogen (secondary N) is 1. The van der Waals surface area contributed by atoms with E-state index in [2.05, 4.69) is 21.1 Å². The Morgan fingerprint density at radius 1 is 1.30 bits per heavy atom. The SMILES string of the molecule is CCn1nc(Cc2cccs2)nc1Cc1c[nH]c(=O)n(C)c1=O. The number of aromatic amines is 1. The third kappa shape index (κ3) is 3.16. The Hall–Kier alpha value is -2.48. The second-order valence-electron chi connectivity index (χ2n) is 5.18. The van der Waals surface area contributed by atoms with Gasteiger partial charge in [-0.25, -0.2) is 14.5 Å². The van der Waals surface area contributed by atoms with E-state index in [4.69, 9.17) is 0 Å². The van der Waals surface area contributed by atoms with Gasteiger partial charge in [-0.2, -0.15) is 5.10 Å². The minimum Gasteiger partial charge on any atom is -0.314 e. The second kappa shape index (κ2) is 6.33. The van der Waals surface area contributed by atoms with Crippen molar-refractivity contribution >= 4 is 11.3 Å². The summed E-state index contributed by atoms with van der Waals surface area (Å²) in [6.07, 6.45) is 2.48. The fourth-order valence-electron chi connectivity index (χ4n) is 2.37. The highest BCUT2D eigenvalue weighted by Gasteiger charge is 2.13. The molecule has 3 rings (SSSR count). The maximum Gasteiger partial charge on any atom is 0.328 e. The summed E-state index contributed by atoms with van der Waals surface area (Å²) < 4.78 is 2.86. The number of aryl methyl sites for hydroxylation is 1. The van der Waals surface area contributed by atoms with Crippen LogP contribution in [0.2, 0.25) is 0 Å². The van der Waals surface area contributed by atoms with Crippen molar-refractivity contribution in [3.63, 3.8) is 0 Å². The van der Waals surface area contributed by atoms with Crippen LogP contribution in [0.4, 0.5) is 0 Å². The van der Waals surface area contributed by atoms with Crippen molar-refractivity contribution in [2.45, 2.75) is 26.3 Å². The molecule has 0 bridgehead atoms. The fraction of sp³-hybridized carbons (Fsp3) is 0.333. The second-order valence-corrected chi connectivity index (χ2v) is 6.21. The molecule has 0 aliphatic carbocycles. The molecule has 0 unspecified atom stereocenters. The van der Waals surface area contributed by atoms with Crippen molar-refractivity contribution in [1.29, 1.82) is 0 Å². The molecular weight excluding hydrogens is 314 g/mol. The minimum atomic E-state index is -0.422. The number of aromatic nitrogens is 5. The van der Waals surface area contributed by atoms with E-state index in [1.54, 1.807) is 16.0 Å². The first-order valence-electron chi connectivity index (χ1n) is 7.31. The van der Waals surface area contributed by atoms with Gasteiger partial charge in [0.15, 0.2) is 5.82 Å². The Morgan fingerprint density at radius 3 is 2.83 bits per heavy atom. The maximum absolute atomic E-state index is 12.1. The van der Waals surface area contributed by atoms with Crippen LogP contribution in [0.1, 0.15) is 29.0 Å². The molecule has 0 spiro atoms. The van der Waals surface area contributed by atoms with Crippen molar-refractivity contribution in [3.8, 4) is 0 Å². The van der Waals surface area contributed by atoms with Crippen molar-refractivity contribution < 1.29 is 0 Å². The highest BCUT2D eigenvalue weighted by Crippen LogP contribution is 2.13. The van der Waals surface area contributed by atoms with Gasteiger partial charge in [0, 0.05) is 43.1 Å². The molecule has 0 saturated heterocycles. The van der Waals surface area contributed by atoms with Crippen LogP contribution in [-0.4, -0.2) is 24.3 Å². The minimum absolute atomic E-state index is 0.306. The standard InChI is InChI=1S/C15H17N5O2S/c1-3-20-13(7-10-9-16-15(22)19(2)14(10)21)17-12(18-20)8-11-5-4-6-23-11/h4-6,9H,3,7-8H2,1-2H3,(H,16,22). The number of thiophene rings is 1. The summed E-state index contributed by atoms with van der Waals surface area (Å²) in [7, 11) is 1.46. The van der Waals surface area contributed by atoms with Crippen LogP contribution in [0.3, 0.4) is 0 Å². The molecule has 0 fully saturated rings. The molecule has 3 aromatic heterocycles. The topological polar surface area (TPSA) is 85.6 Å². The van der Waals surface area contributed by atoms with E-state index in [0.717, 1.165) is 16.2 Å². The molecule has 0 amide bonds. The Kier molecular flexibility index (Phi) is 4.24. The fourth-order valence-corrected chi connectivity index (χ4v) is 3.07. The Bertz CT molecular complexity index is 920. The van der Waals surface area contributed by atoms with Crippen LogP contribution in [0.15, 0.2) is 33.3 Å². The average Bonchev–Trinajstić information content (AvgIpc) is 3.18. The molecule has 3 aromatic rings. The molecule has 0 aromatic carbocycles. The van der Waals surface area contributed by atoms with Gasteiger partial charge in [0.2, 0.25) is 0 Å². The smallest absolute Gasteiger partial charge is 0.314 e. The molecule has 0 aliphatic rings. The molecule has 0 radical (unpaired) electrons. The predicted octanol–water partition coefficient (Wildman–Crippen LogP) is 0.928. The van der Waals surface area contributed by atoms with Crippen molar-refractivity contribution in [3.05, 3.63) is 66.6 Å². The summed E-state index contributed by atoms with van der Waals surface area (Å²) in [5, 5.41) is 6.53. The van der Waals surface area contributed by atoms with E-state index in [0.29, 0.717) is 24.9 Å². The van der Waals surface area contributed by atoms with Crippen LogP contribution < -0.4 is 11.2 Å². The van der Waals surface area contributed by atoms with E-state index >= 15 is 0 Å². The lowest BCUT2D eigenvalue weighted by atomic mass is 10.2. The van der Waals surface area contributed by atoms with E-state index < -0.39 is 5.69 Å². The Balaban J connectivity index is 1.91. The zero-order valence-electron chi connectivity index (χ0n) is 12.9. The van der Waals surface area contributed by atoms with Crippen LogP contribution in [0, 0.1) is 0 Å². The highest BCUT2D eigenvalue weighted by molar-refractivity contribution is 7.09. The molecule has 7 nitrogen and oxygen atoms in total. The molecule has 120 valence electrons. The number of nitrogens with zero attached hydrogens (tertiary/aromatic N) is 4. The lowest BCUT2D eigenvalue weighted by Gasteiger charge is -2.03. The molecule has 8 heteroatoms. The first kappa shape index (κ1) is 15.4. The monoisotopic (exact) mass is 331 g/mol. The summed E-state index contributed by atoms with van der Waals surface area (Å²) in [6.45, 7) is 2.66. The summed E-state index contributed by atoms with van der Waals surface area (Å²) in [5.41, 5.74) is -0.231. The van der Waals surface area contributed by atoms with Crippen LogP contribution >= 0.6 is 11.3 Å². The number of rotatable bonds is 5. The molecule has 3 heterocycles. The van der Waals surface area contributed by atoms with E-state index in [1.807, 2.05) is 18.4 Å². The van der Waals surface area contributed by atoms with Gasteiger partial charge in [-0.05, 0) is 18.4 Å². The molecule has 0 saturated carbocycles. The molecule has 0 atom stereocenters.